The summed E-state index contributed by atoms with van der Waals surface area (Å²) >= 11 is 0. The lowest BCUT2D eigenvalue weighted by atomic mass is 10.2. The second-order valence-corrected chi connectivity index (χ2v) is 5.09. The second-order valence-electron chi connectivity index (χ2n) is 5.09. The van der Waals surface area contributed by atoms with Crippen LogP contribution in [0.4, 0.5) is 5.69 Å². The fraction of sp³-hybridized carbons (Fsp3) is 0. The zero-order valence-corrected chi connectivity index (χ0v) is 12.8. The molecule has 3 aromatic rings. The molecule has 0 atom stereocenters. The Kier molecular flexibility index (Phi) is 4.34. The summed E-state index contributed by atoms with van der Waals surface area (Å²) in [7, 11) is 0. The summed E-state index contributed by atoms with van der Waals surface area (Å²) in [6.45, 7) is 0. The van der Waals surface area contributed by atoms with E-state index in [-0.39, 0.29) is 11.2 Å². The van der Waals surface area contributed by atoms with E-state index in [1.165, 1.54) is 42.7 Å². The monoisotopic (exact) mass is 336 g/mol. The van der Waals surface area contributed by atoms with Crippen LogP contribution in [0.1, 0.15) is 5.56 Å². The highest BCUT2D eigenvalue weighted by Crippen LogP contribution is 2.12. The summed E-state index contributed by atoms with van der Waals surface area (Å²) in [5.41, 5.74) is 3.15. The van der Waals surface area contributed by atoms with Crippen LogP contribution in [0.5, 0.6) is 0 Å². The van der Waals surface area contributed by atoms with Crippen LogP contribution in [-0.2, 0) is 4.79 Å². The van der Waals surface area contributed by atoms with Gasteiger partial charge in [-0.25, -0.2) is 9.66 Å². The topological polar surface area (TPSA) is 107 Å². The third-order valence-electron chi connectivity index (χ3n) is 3.43. The number of non-ortho nitro benzene ring substituents is 1. The lowest BCUT2D eigenvalue weighted by molar-refractivity contribution is -0.384. The lowest BCUT2D eigenvalue weighted by Gasteiger charge is -2.06. The lowest BCUT2D eigenvalue weighted by Crippen LogP contribution is -2.32. The van der Waals surface area contributed by atoms with Crippen LogP contribution in [0.3, 0.4) is 0 Å². The molecule has 0 spiro atoms. The Bertz CT molecular complexity index is 1040. The van der Waals surface area contributed by atoms with E-state index in [0.717, 1.165) is 4.68 Å². The largest absolute Gasteiger partial charge is 0.280 e. The van der Waals surface area contributed by atoms with Crippen molar-refractivity contribution in [3.05, 3.63) is 87.0 Å². The third-order valence-corrected chi connectivity index (χ3v) is 3.43. The Hall–Kier alpha value is -3.81. The van der Waals surface area contributed by atoms with E-state index in [9.17, 15) is 19.7 Å². The van der Waals surface area contributed by atoms with Gasteiger partial charge in [0.05, 0.1) is 15.8 Å². The smallest absolute Gasteiger partial charge is 0.268 e. The fourth-order valence-electron chi connectivity index (χ4n) is 2.18. The number of fused-ring (bicyclic) bond motifs is 1. The van der Waals surface area contributed by atoms with Crippen LogP contribution in [0.25, 0.3) is 17.0 Å². The number of hydrogen-bond acceptors (Lipinski definition) is 5. The molecule has 25 heavy (non-hydrogen) atoms. The minimum Gasteiger partial charge on any atom is -0.268 e. The number of benzene rings is 2. The molecule has 1 N–H and O–H groups in total. The summed E-state index contributed by atoms with van der Waals surface area (Å²) in [6.07, 6.45) is 3.95. The van der Waals surface area contributed by atoms with Crippen molar-refractivity contribution in [2.75, 3.05) is 5.43 Å². The maximum atomic E-state index is 12.3. The van der Waals surface area contributed by atoms with Gasteiger partial charge in [-0.15, -0.1) is 0 Å². The number of nitrogens with zero attached hydrogens (tertiary/aromatic N) is 3. The Balaban J connectivity index is 1.75. The van der Waals surface area contributed by atoms with Gasteiger partial charge in [-0.2, -0.15) is 0 Å². The molecular formula is C17H12N4O4. The predicted octanol–water partition coefficient (Wildman–Crippen LogP) is 2.09. The van der Waals surface area contributed by atoms with Gasteiger partial charge in [-0.1, -0.05) is 12.1 Å². The highest BCUT2D eigenvalue weighted by Gasteiger charge is 2.05. The second kappa shape index (κ2) is 6.75. The predicted molar refractivity (Wildman–Crippen MR) is 92.5 cm³/mol. The molecular weight excluding hydrogens is 324 g/mol. The zero-order valence-electron chi connectivity index (χ0n) is 12.8. The molecule has 1 amide bonds. The molecule has 3 rings (SSSR count). The molecule has 0 bridgehead atoms. The van der Waals surface area contributed by atoms with Gasteiger partial charge >= 0.3 is 0 Å². The van der Waals surface area contributed by atoms with Gasteiger partial charge in [0, 0.05) is 18.2 Å². The van der Waals surface area contributed by atoms with E-state index in [1.54, 1.807) is 24.3 Å². The number of nitro groups is 1. The van der Waals surface area contributed by atoms with Gasteiger partial charge in [0.2, 0.25) is 0 Å². The third kappa shape index (κ3) is 3.58. The van der Waals surface area contributed by atoms with Crippen LogP contribution in [0.15, 0.2) is 65.7 Å². The number of rotatable bonds is 4. The minimum absolute atomic E-state index is 0.0320. The Morgan fingerprint density at radius 3 is 2.60 bits per heavy atom. The first-order chi connectivity index (χ1) is 12.0. The van der Waals surface area contributed by atoms with Crippen LogP contribution in [0.2, 0.25) is 0 Å². The van der Waals surface area contributed by atoms with Crippen molar-refractivity contribution in [2.45, 2.75) is 0 Å². The molecule has 0 fully saturated rings. The molecule has 0 saturated heterocycles. The van der Waals surface area contributed by atoms with E-state index >= 15 is 0 Å². The maximum absolute atomic E-state index is 12.3. The Morgan fingerprint density at radius 2 is 1.88 bits per heavy atom. The number of aromatic nitrogens is 2. The molecule has 1 aromatic heterocycles. The first kappa shape index (κ1) is 16.1. The van der Waals surface area contributed by atoms with Gasteiger partial charge in [0.25, 0.3) is 17.2 Å². The molecule has 0 aliphatic carbocycles. The Morgan fingerprint density at radius 1 is 1.16 bits per heavy atom. The summed E-state index contributed by atoms with van der Waals surface area (Å²) in [5.74, 6) is -0.530. The maximum Gasteiger partial charge on any atom is 0.280 e. The molecule has 8 heteroatoms. The number of amides is 1. The fourth-order valence-corrected chi connectivity index (χ4v) is 2.18. The quantitative estimate of drug-likeness (QED) is 0.446. The zero-order chi connectivity index (χ0) is 17.8. The van der Waals surface area contributed by atoms with Crippen LogP contribution < -0.4 is 11.0 Å². The average Bonchev–Trinajstić information content (AvgIpc) is 2.63. The van der Waals surface area contributed by atoms with Crippen LogP contribution >= 0.6 is 0 Å². The number of carbonyl (C=O) groups excluding carboxylic acids is 1. The summed E-state index contributed by atoms with van der Waals surface area (Å²) in [4.78, 5) is 38.4. The van der Waals surface area contributed by atoms with Crippen molar-refractivity contribution in [3.8, 4) is 0 Å². The molecule has 1 heterocycles. The molecule has 0 unspecified atom stereocenters. The molecule has 0 aliphatic rings. The van der Waals surface area contributed by atoms with Gasteiger partial charge < -0.3 is 0 Å². The first-order valence-electron chi connectivity index (χ1n) is 7.24. The van der Waals surface area contributed by atoms with Crippen molar-refractivity contribution in [1.82, 2.24) is 9.66 Å². The number of para-hydroxylation sites is 1. The van der Waals surface area contributed by atoms with Crippen LogP contribution in [0, 0.1) is 10.1 Å². The van der Waals surface area contributed by atoms with Crippen LogP contribution in [-0.4, -0.2) is 20.5 Å². The number of nitrogens with one attached hydrogen (secondary N) is 1. The van der Waals surface area contributed by atoms with Crippen molar-refractivity contribution in [2.24, 2.45) is 0 Å². The number of carbonyl (C=O) groups is 1. The first-order valence-corrected chi connectivity index (χ1v) is 7.24. The number of hydrogen-bond donors (Lipinski definition) is 1. The SMILES string of the molecule is O=C(/C=C/c1ccc([N+](=O)[O-])cc1)Nn1cnc2ccccc2c1=O. The van der Waals surface area contributed by atoms with Crippen molar-refractivity contribution < 1.29 is 9.72 Å². The summed E-state index contributed by atoms with van der Waals surface area (Å²) in [5, 5.41) is 11.0. The van der Waals surface area contributed by atoms with Crippen molar-refractivity contribution in [1.29, 1.82) is 0 Å². The highest BCUT2D eigenvalue weighted by molar-refractivity contribution is 5.97. The molecule has 0 saturated carbocycles. The normalized spacial score (nSPS) is 10.9. The van der Waals surface area contributed by atoms with E-state index < -0.39 is 10.8 Å². The van der Waals surface area contributed by atoms with Crippen molar-refractivity contribution >= 4 is 28.6 Å². The summed E-state index contributed by atoms with van der Waals surface area (Å²) in [6, 6.07) is 12.5. The van der Waals surface area contributed by atoms with Crippen molar-refractivity contribution in [3.63, 3.8) is 0 Å². The molecule has 0 radical (unpaired) electrons. The van der Waals surface area contributed by atoms with E-state index in [0.29, 0.717) is 16.5 Å². The Labute approximate surface area is 141 Å². The van der Waals surface area contributed by atoms with Gasteiger partial charge in [-0.3, -0.25) is 25.1 Å². The van der Waals surface area contributed by atoms with E-state index in [4.69, 9.17) is 0 Å². The highest BCUT2D eigenvalue weighted by atomic mass is 16.6. The molecule has 124 valence electrons. The van der Waals surface area contributed by atoms with Gasteiger partial charge in [0.15, 0.2) is 0 Å². The number of nitro benzene ring substituents is 1. The van der Waals surface area contributed by atoms with Gasteiger partial charge in [-0.05, 0) is 35.9 Å². The van der Waals surface area contributed by atoms with E-state index in [2.05, 4.69) is 10.4 Å². The molecule has 2 aromatic carbocycles. The minimum atomic E-state index is -0.530. The molecule has 0 aliphatic heterocycles. The average molecular weight is 336 g/mol. The van der Waals surface area contributed by atoms with E-state index in [1.807, 2.05) is 0 Å². The summed E-state index contributed by atoms with van der Waals surface area (Å²) < 4.78 is 1.00. The standard InChI is InChI=1S/C17H12N4O4/c22-16(10-7-12-5-8-13(9-6-12)21(24)25)19-20-11-18-15-4-2-1-3-14(15)17(20)23/h1-11H,(H,19,22)/b10-7+. The molecule has 8 nitrogen and oxygen atoms in total. The van der Waals surface area contributed by atoms with Gasteiger partial charge in [0.1, 0.15) is 6.33 Å².